The van der Waals surface area contributed by atoms with E-state index in [1.165, 1.54) is 0 Å². The molecule has 0 aromatic heterocycles. The smallest absolute Gasteiger partial charge is 0.0627 e. The molecule has 0 saturated heterocycles. The summed E-state index contributed by atoms with van der Waals surface area (Å²) < 4.78 is 5.50. The molecular formula is C14H22ClNOS. The summed E-state index contributed by atoms with van der Waals surface area (Å²) in [5, 5.41) is 4.33. The van der Waals surface area contributed by atoms with Crippen molar-refractivity contribution in [1.82, 2.24) is 5.32 Å². The first-order chi connectivity index (χ1) is 8.77. The molecule has 18 heavy (non-hydrogen) atoms. The van der Waals surface area contributed by atoms with Crippen LogP contribution in [0.15, 0.2) is 29.2 Å². The van der Waals surface area contributed by atoms with Crippen molar-refractivity contribution in [3.05, 3.63) is 29.3 Å². The molecule has 0 aliphatic rings. The predicted octanol–water partition coefficient (Wildman–Crippen LogP) is 3.84. The van der Waals surface area contributed by atoms with Crippen LogP contribution in [0, 0.1) is 0 Å². The lowest BCUT2D eigenvalue weighted by atomic mass is 10.3. The summed E-state index contributed by atoms with van der Waals surface area (Å²) in [6.45, 7) is 6.75. The van der Waals surface area contributed by atoms with Crippen LogP contribution in [-0.2, 0) is 4.74 Å². The van der Waals surface area contributed by atoms with Crippen LogP contribution in [0.3, 0.4) is 0 Å². The number of benzene rings is 1. The molecule has 0 aliphatic heterocycles. The Morgan fingerprint density at radius 3 is 2.78 bits per heavy atom. The molecule has 0 fully saturated rings. The Kier molecular flexibility index (Phi) is 8.51. The number of rotatable bonds is 9. The Bertz CT molecular complexity index is 327. The van der Waals surface area contributed by atoms with Gasteiger partial charge in [-0.15, -0.1) is 11.8 Å². The van der Waals surface area contributed by atoms with Gasteiger partial charge >= 0.3 is 0 Å². The minimum atomic E-state index is 0.381. The highest BCUT2D eigenvalue weighted by Gasteiger charge is 2.09. The van der Waals surface area contributed by atoms with E-state index < -0.39 is 0 Å². The quantitative estimate of drug-likeness (QED) is 0.697. The van der Waals surface area contributed by atoms with E-state index in [0.717, 1.165) is 41.9 Å². The van der Waals surface area contributed by atoms with E-state index in [-0.39, 0.29) is 0 Å². The zero-order valence-corrected chi connectivity index (χ0v) is 12.7. The molecule has 0 saturated carbocycles. The number of hydrogen-bond acceptors (Lipinski definition) is 3. The third-order valence-corrected chi connectivity index (χ3v) is 4.16. The van der Waals surface area contributed by atoms with Crippen LogP contribution in [0.5, 0.6) is 0 Å². The van der Waals surface area contributed by atoms with Gasteiger partial charge in [0.05, 0.1) is 11.6 Å². The third kappa shape index (κ3) is 6.10. The molecule has 102 valence electrons. The second kappa shape index (κ2) is 9.68. The molecule has 1 N–H and O–H groups in total. The molecule has 0 radical (unpaired) electrons. The van der Waals surface area contributed by atoms with Gasteiger partial charge in [-0.3, -0.25) is 0 Å². The first kappa shape index (κ1) is 15.8. The molecule has 1 atom stereocenters. The van der Waals surface area contributed by atoms with Crippen molar-refractivity contribution in [1.29, 1.82) is 0 Å². The van der Waals surface area contributed by atoms with Gasteiger partial charge < -0.3 is 10.1 Å². The van der Waals surface area contributed by atoms with Crippen LogP contribution < -0.4 is 5.32 Å². The summed E-state index contributed by atoms with van der Waals surface area (Å²) in [4.78, 5) is 1.14. The molecule has 1 unspecified atom stereocenters. The average molecular weight is 288 g/mol. The Labute approximate surface area is 119 Å². The van der Waals surface area contributed by atoms with Crippen molar-refractivity contribution in [3.63, 3.8) is 0 Å². The van der Waals surface area contributed by atoms with E-state index in [9.17, 15) is 0 Å². The second-order valence-electron chi connectivity index (χ2n) is 4.05. The Morgan fingerprint density at radius 2 is 2.11 bits per heavy atom. The number of thioether (sulfide) groups is 1. The van der Waals surface area contributed by atoms with E-state index in [1.54, 1.807) is 11.8 Å². The van der Waals surface area contributed by atoms with Crippen molar-refractivity contribution in [2.75, 3.05) is 25.5 Å². The molecule has 0 bridgehead atoms. The minimum absolute atomic E-state index is 0.381. The summed E-state index contributed by atoms with van der Waals surface area (Å²) in [7, 11) is 0. The Balaban J connectivity index is 2.42. The van der Waals surface area contributed by atoms with Crippen LogP contribution in [0.25, 0.3) is 0 Å². The lowest BCUT2D eigenvalue weighted by molar-refractivity contribution is 0.128. The maximum Gasteiger partial charge on any atom is 0.0627 e. The molecule has 1 aromatic carbocycles. The molecular weight excluding hydrogens is 266 g/mol. The van der Waals surface area contributed by atoms with Crippen molar-refractivity contribution in [2.24, 2.45) is 0 Å². The number of nitrogens with one attached hydrogen (secondary N) is 1. The highest BCUT2D eigenvalue weighted by molar-refractivity contribution is 7.99. The molecule has 1 rings (SSSR count). The zero-order chi connectivity index (χ0) is 13.2. The average Bonchev–Trinajstić information content (AvgIpc) is 2.39. The van der Waals surface area contributed by atoms with Gasteiger partial charge in [-0.25, -0.2) is 0 Å². The van der Waals surface area contributed by atoms with Crippen molar-refractivity contribution in [3.8, 4) is 0 Å². The third-order valence-electron chi connectivity index (χ3n) is 2.48. The van der Waals surface area contributed by atoms with E-state index in [1.807, 2.05) is 25.1 Å². The first-order valence-corrected chi connectivity index (χ1v) is 7.82. The standard InChI is InChI=1S/C14H22ClNOS/c1-3-9-16-12(10-17-4-2)11-18-14-8-6-5-7-13(14)15/h5-8,12,16H,3-4,9-11H2,1-2H3. The van der Waals surface area contributed by atoms with Crippen molar-refractivity contribution >= 4 is 23.4 Å². The molecule has 0 heterocycles. The monoisotopic (exact) mass is 287 g/mol. The van der Waals surface area contributed by atoms with E-state index in [2.05, 4.69) is 18.3 Å². The van der Waals surface area contributed by atoms with Crippen molar-refractivity contribution in [2.45, 2.75) is 31.2 Å². The lowest BCUT2D eigenvalue weighted by Crippen LogP contribution is -2.36. The summed E-state index contributed by atoms with van der Waals surface area (Å²) in [6.07, 6.45) is 1.14. The van der Waals surface area contributed by atoms with Crippen LogP contribution >= 0.6 is 23.4 Å². The number of hydrogen-bond donors (Lipinski definition) is 1. The van der Waals surface area contributed by atoms with Crippen LogP contribution in [0.1, 0.15) is 20.3 Å². The normalized spacial score (nSPS) is 12.6. The van der Waals surface area contributed by atoms with Gasteiger partial charge in [0.15, 0.2) is 0 Å². The maximum absolute atomic E-state index is 6.14. The SMILES string of the molecule is CCCNC(COCC)CSc1ccccc1Cl. The van der Waals surface area contributed by atoms with Crippen LogP contribution in [0.2, 0.25) is 5.02 Å². The van der Waals surface area contributed by atoms with E-state index >= 15 is 0 Å². The Hall–Kier alpha value is -0.220. The molecule has 0 spiro atoms. The Morgan fingerprint density at radius 1 is 1.33 bits per heavy atom. The predicted molar refractivity (Wildman–Crippen MR) is 80.8 cm³/mol. The summed E-state index contributed by atoms with van der Waals surface area (Å²) >= 11 is 7.93. The second-order valence-corrected chi connectivity index (χ2v) is 5.52. The fourth-order valence-electron chi connectivity index (χ4n) is 1.53. The zero-order valence-electron chi connectivity index (χ0n) is 11.1. The maximum atomic E-state index is 6.14. The number of ether oxygens (including phenoxy) is 1. The van der Waals surface area contributed by atoms with Gasteiger partial charge in [0.1, 0.15) is 0 Å². The van der Waals surface area contributed by atoms with Crippen LogP contribution in [0.4, 0.5) is 0 Å². The highest BCUT2D eigenvalue weighted by Crippen LogP contribution is 2.26. The fourth-order valence-corrected chi connectivity index (χ4v) is 2.80. The summed E-state index contributed by atoms with van der Waals surface area (Å²) in [6, 6.07) is 8.35. The van der Waals surface area contributed by atoms with E-state index in [4.69, 9.17) is 16.3 Å². The molecule has 2 nitrogen and oxygen atoms in total. The molecule has 1 aromatic rings. The largest absolute Gasteiger partial charge is 0.380 e. The van der Waals surface area contributed by atoms with Gasteiger partial charge in [0, 0.05) is 23.3 Å². The lowest BCUT2D eigenvalue weighted by Gasteiger charge is -2.18. The molecule has 4 heteroatoms. The fraction of sp³-hybridized carbons (Fsp3) is 0.571. The van der Waals surface area contributed by atoms with E-state index in [0.29, 0.717) is 6.04 Å². The van der Waals surface area contributed by atoms with Gasteiger partial charge in [0.25, 0.3) is 0 Å². The number of halogens is 1. The van der Waals surface area contributed by atoms with Gasteiger partial charge in [-0.05, 0) is 32.0 Å². The van der Waals surface area contributed by atoms with Crippen LogP contribution in [-0.4, -0.2) is 31.6 Å². The molecule has 0 aliphatic carbocycles. The summed E-state index contributed by atoms with van der Waals surface area (Å²) in [5.74, 6) is 0.976. The molecule has 0 amide bonds. The topological polar surface area (TPSA) is 21.3 Å². The van der Waals surface area contributed by atoms with Crippen molar-refractivity contribution < 1.29 is 4.74 Å². The van der Waals surface area contributed by atoms with Gasteiger partial charge in [-0.1, -0.05) is 30.7 Å². The highest BCUT2D eigenvalue weighted by atomic mass is 35.5. The summed E-state index contributed by atoms with van der Waals surface area (Å²) in [5.41, 5.74) is 0. The van der Waals surface area contributed by atoms with Gasteiger partial charge in [0.2, 0.25) is 0 Å². The first-order valence-electron chi connectivity index (χ1n) is 6.46. The minimum Gasteiger partial charge on any atom is -0.380 e. The van der Waals surface area contributed by atoms with Gasteiger partial charge in [-0.2, -0.15) is 0 Å².